The van der Waals surface area contributed by atoms with Crippen LogP contribution in [0.5, 0.6) is 0 Å². The SMILES string of the molecule is C[C@@H]1C[C@@H]2OC(=O)C3(C)[C@H]2[C@@H](OC3(C)O)[C@]2(C)C(=O)C=C[C@H]12. The van der Waals surface area contributed by atoms with Crippen molar-refractivity contribution in [1.82, 2.24) is 0 Å². The third-order valence-corrected chi connectivity index (χ3v) is 6.88. The second-order valence-electron chi connectivity index (χ2n) is 7.94. The molecule has 22 heavy (non-hydrogen) atoms. The Balaban J connectivity index is 1.92. The molecule has 3 fully saturated rings. The van der Waals surface area contributed by atoms with Crippen molar-refractivity contribution in [3.8, 4) is 0 Å². The number of hydrogen-bond donors (Lipinski definition) is 1. The third kappa shape index (κ3) is 1.30. The molecule has 0 aromatic rings. The minimum absolute atomic E-state index is 0.0226. The predicted octanol–water partition coefficient (Wildman–Crippen LogP) is 1.44. The summed E-state index contributed by atoms with van der Waals surface area (Å²) in [4.78, 5) is 25.1. The Hall–Kier alpha value is -1.20. The lowest BCUT2D eigenvalue weighted by Gasteiger charge is -2.37. The highest BCUT2D eigenvalue weighted by molar-refractivity contribution is 5.98. The molecule has 5 nitrogen and oxygen atoms in total. The third-order valence-electron chi connectivity index (χ3n) is 6.88. The fourth-order valence-corrected chi connectivity index (χ4v) is 5.33. The summed E-state index contributed by atoms with van der Waals surface area (Å²) in [5.41, 5.74) is -1.86. The molecule has 0 spiro atoms. The number of hydrogen-bond acceptors (Lipinski definition) is 5. The smallest absolute Gasteiger partial charge is 0.318 e. The predicted molar refractivity (Wildman–Crippen MR) is 76.5 cm³/mol. The van der Waals surface area contributed by atoms with Crippen LogP contribution in [-0.4, -0.2) is 34.9 Å². The first-order valence-electron chi connectivity index (χ1n) is 7.98. The maximum absolute atomic E-state index is 12.6. The molecule has 0 bridgehead atoms. The maximum Gasteiger partial charge on any atom is 0.318 e. The van der Waals surface area contributed by atoms with E-state index < -0.39 is 28.7 Å². The second-order valence-corrected chi connectivity index (χ2v) is 7.94. The van der Waals surface area contributed by atoms with Crippen molar-refractivity contribution >= 4 is 11.8 Å². The Kier molecular flexibility index (Phi) is 2.50. The molecule has 0 radical (unpaired) electrons. The van der Waals surface area contributed by atoms with Crippen molar-refractivity contribution in [1.29, 1.82) is 0 Å². The first kappa shape index (κ1) is 14.4. The van der Waals surface area contributed by atoms with Crippen molar-refractivity contribution in [3.05, 3.63) is 12.2 Å². The lowest BCUT2D eigenvalue weighted by atomic mass is 9.64. The number of carbonyl (C=O) groups excluding carboxylic acids is 2. The number of fused-ring (bicyclic) bond motifs is 2. The molecule has 4 rings (SSSR count). The fraction of sp³-hybridized carbons (Fsp3) is 0.765. The highest BCUT2D eigenvalue weighted by atomic mass is 16.7. The van der Waals surface area contributed by atoms with Gasteiger partial charge in [-0.05, 0) is 45.1 Å². The lowest BCUT2D eigenvalue weighted by molar-refractivity contribution is -0.239. The van der Waals surface area contributed by atoms with Crippen LogP contribution in [0.25, 0.3) is 0 Å². The van der Waals surface area contributed by atoms with Crippen LogP contribution in [0.1, 0.15) is 34.1 Å². The number of allylic oxidation sites excluding steroid dienone is 2. The summed E-state index contributed by atoms with van der Waals surface area (Å²) in [6.07, 6.45) is 3.48. The molecule has 1 saturated carbocycles. The first-order chi connectivity index (χ1) is 10.1. The molecule has 0 amide bonds. The van der Waals surface area contributed by atoms with Gasteiger partial charge in [-0.2, -0.15) is 0 Å². The average molecular weight is 306 g/mol. The summed E-state index contributed by atoms with van der Waals surface area (Å²) < 4.78 is 11.6. The van der Waals surface area contributed by atoms with Gasteiger partial charge < -0.3 is 14.6 Å². The van der Waals surface area contributed by atoms with Gasteiger partial charge in [0.25, 0.3) is 0 Å². The molecule has 1 N–H and O–H groups in total. The molecule has 2 aliphatic heterocycles. The van der Waals surface area contributed by atoms with Gasteiger partial charge in [0.05, 0.1) is 11.5 Å². The molecule has 2 saturated heterocycles. The number of ether oxygens (including phenoxy) is 2. The van der Waals surface area contributed by atoms with Crippen molar-refractivity contribution < 1.29 is 24.2 Å². The summed E-state index contributed by atoms with van der Waals surface area (Å²) in [5, 5.41) is 10.8. The summed E-state index contributed by atoms with van der Waals surface area (Å²) in [7, 11) is 0. The van der Waals surface area contributed by atoms with E-state index in [0.29, 0.717) is 6.42 Å². The van der Waals surface area contributed by atoms with Crippen LogP contribution < -0.4 is 0 Å². The Morgan fingerprint density at radius 3 is 2.64 bits per heavy atom. The van der Waals surface area contributed by atoms with Crippen molar-refractivity contribution in [2.24, 2.45) is 28.6 Å². The van der Waals surface area contributed by atoms with E-state index in [4.69, 9.17) is 9.47 Å². The second kappa shape index (κ2) is 3.82. The fourth-order valence-electron chi connectivity index (χ4n) is 5.33. The van der Waals surface area contributed by atoms with Crippen molar-refractivity contribution in [2.75, 3.05) is 0 Å². The summed E-state index contributed by atoms with van der Waals surface area (Å²) in [6, 6.07) is 0. The zero-order valence-electron chi connectivity index (χ0n) is 13.3. The number of aliphatic hydroxyl groups is 1. The molecule has 0 aromatic carbocycles. The van der Waals surface area contributed by atoms with Crippen LogP contribution in [0.3, 0.4) is 0 Å². The van der Waals surface area contributed by atoms with E-state index in [1.54, 1.807) is 13.0 Å². The quantitative estimate of drug-likeness (QED) is 0.686. The zero-order valence-corrected chi connectivity index (χ0v) is 13.3. The van der Waals surface area contributed by atoms with Gasteiger partial charge in [-0.1, -0.05) is 13.0 Å². The van der Waals surface area contributed by atoms with Crippen LogP contribution >= 0.6 is 0 Å². The van der Waals surface area contributed by atoms with Crippen LogP contribution in [0.4, 0.5) is 0 Å². The molecule has 0 aromatic heterocycles. The topological polar surface area (TPSA) is 72.8 Å². The first-order valence-corrected chi connectivity index (χ1v) is 7.98. The van der Waals surface area contributed by atoms with E-state index >= 15 is 0 Å². The van der Waals surface area contributed by atoms with Crippen LogP contribution in [0.15, 0.2) is 12.2 Å². The van der Waals surface area contributed by atoms with Gasteiger partial charge in [0.2, 0.25) is 0 Å². The Morgan fingerprint density at radius 2 is 1.95 bits per heavy atom. The van der Waals surface area contributed by atoms with E-state index in [1.807, 2.05) is 13.0 Å². The Labute approximate surface area is 129 Å². The van der Waals surface area contributed by atoms with Gasteiger partial charge >= 0.3 is 5.97 Å². The van der Waals surface area contributed by atoms with E-state index in [-0.39, 0.29) is 29.6 Å². The molecule has 4 aliphatic rings. The van der Waals surface area contributed by atoms with Crippen molar-refractivity contribution in [3.63, 3.8) is 0 Å². The van der Waals surface area contributed by atoms with Gasteiger partial charge in [-0.3, -0.25) is 9.59 Å². The average Bonchev–Trinajstić information content (AvgIpc) is 2.91. The van der Waals surface area contributed by atoms with Gasteiger partial charge in [0, 0.05) is 5.92 Å². The van der Waals surface area contributed by atoms with Gasteiger partial charge in [-0.25, -0.2) is 0 Å². The number of ketones is 1. The largest absolute Gasteiger partial charge is 0.461 e. The van der Waals surface area contributed by atoms with Gasteiger partial charge in [0.1, 0.15) is 11.5 Å². The summed E-state index contributed by atoms with van der Waals surface area (Å²) >= 11 is 0. The Bertz CT molecular complexity index is 608. The molecular formula is C17H22O5. The van der Waals surface area contributed by atoms with Crippen LogP contribution in [0.2, 0.25) is 0 Å². The van der Waals surface area contributed by atoms with E-state index in [0.717, 1.165) is 0 Å². The highest BCUT2D eigenvalue weighted by Crippen LogP contribution is 2.64. The van der Waals surface area contributed by atoms with Crippen molar-refractivity contribution in [2.45, 2.75) is 52.1 Å². The van der Waals surface area contributed by atoms with E-state index in [2.05, 4.69) is 6.92 Å². The lowest BCUT2D eigenvalue weighted by Crippen LogP contribution is -2.47. The summed E-state index contributed by atoms with van der Waals surface area (Å²) in [6.45, 7) is 7.23. The monoisotopic (exact) mass is 306 g/mol. The standard InChI is InChI=1S/C17H22O5/c1-8-7-10-12-13(15(2)9(8)5-6-11(15)18)22-17(4,20)16(12,3)14(19)21-10/h5-6,8-10,12-13,20H,7H2,1-4H3/t8-,9-,10+,12-,13-,15+,16?,17?/m1/s1. The van der Waals surface area contributed by atoms with Crippen LogP contribution in [0, 0.1) is 28.6 Å². The molecule has 5 heteroatoms. The van der Waals surface area contributed by atoms with Gasteiger partial charge in [0.15, 0.2) is 11.6 Å². The minimum atomic E-state index is -1.62. The number of rotatable bonds is 0. The molecule has 120 valence electrons. The molecule has 2 unspecified atom stereocenters. The van der Waals surface area contributed by atoms with E-state index in [9.17, 15) is 14.7 Å². The molecule has 8 atom stereocenters. The number of esters is 1. The van der Waals surface area contributed by atoms with Crippen LogP contribution in [-0.2, 0) is 19.1 Å². The highest BCUT2D eigenvalue weighted by Gasteiger charge is 2.76. The molecule has 2 heterocycles. The maximum atomic E-state index is 12.6. The zero-order chi connectivity index (χ0) is 16.1. The summed E-state index contributed by atoms with van der Waals surface area (Å²) in [5.74, 6) is -2.04. The minimum Gasteiger partial charge on any atom is -0.461 e. The molecular weight excluding hydrogens is 284 g/mol. The molecule has 2 aliphatic carbocycles. The van der Waals surface area contributed by atoms with E-state index in [1.165, 1.54) is 6.92 Å². The normalized spacial score (nSPS) is 59.2. The number of carbonyl (C=O) groups is 2. The Morgan fingerprint density at radius 1 is 1.27 bits per heavy atom. The van der Waals surface area contributed by atoms with Gasteiger partial charge in [-0.15, -0.1) is 0 Å².